The van der Waals surface area contributed by atoms with Crippen molar-refractivity contribution in [2.24, 2.45) is 0 Å². The number of aromatic nitrogens is 2. The van der Waals surface area contributed by atoms with Crippen LogP contribution in [0, 0.1) is 12.7 Å². The first-order chi connectivity index (χ1) is 8.08. The predicted octanol–water partition coefficient (Wildman–Crippen LogP) is 2.15. The molecule has 0 aliphatic carbocycles. The SMILES string of the molecule is Cc1[nH]nc(CC(=O)O)c1-c1ccc(F)cc1. The minimum absolute atomic E-state index is 0.156. The molecule has 0 radical (unpaired) electrons. The van der Waals surface area contributed by atoms with Gasteiger partial charge in [0.1, 0.15) is 5.82 Å². The minimum Gasteiger partial charge on any atom is -0.481 e. The molecule has 0 saturated heterocycles. The number of hydrogen-bond acceptors (Lipinski definition) is 2. The number of carboxylic acid groups (broad SMARTS) is 1. The Morgan fingerprint density at radius 2 is 2.06 bits per heavy atom. The molecular weight excluding hydrogens is 223 g/mol. The molecule has 0 aliphatic rings. The number of aliphatic carboxylic acids is 1. The van der Waals surface area contributed by atoms with Crippen LogP contribution in [0.25, 0.3) is 11.1 Å². The maximum absolute atomic E-state index is 12.8. The normalized spacial score (nSPS) is 10.5. The van der Waals surface area contributed by atoms with Crippen LogP contribution in [0.4, 0.5) is 4.39 Å². The first-order valence-electron chi connectivity index (χ1n) is 5.09. The number of rotatable bonds is 3. The van der Waals surface area contributed by atoms with E-state index in [-0.39, 0.29) is 12.2 Å². The fraction of sp³-hybridized carbons (Fsp3) is 0.167. The van der Waals surface area contributed by atoms with Crippen LogP contribution in [0.1, 0.15) is 11.4 Å². The second-order valence-electron chi connectivity index (χ2n) is 3.75. The van der Waals surface area contributed by atoms with Crippen molar-refractivity contribution < 1.29 is 14.3 Å². The lowest BCUT2D eigenvalue weighted by Gasteiger charge is -2.02. The van der Waals surface area contributed by atoms with Gasteiger partial charge < -0.3 is 5.11 Å². The summed E-state index contributed by atoms with van der Waals surface area (Å²) in [4.78, 5) is 10.7. The Hall–Kier alpha value is -2.17. The summed E-state index contributed by atoms with van der Waals surface area (Å²) in [6.45, 7) is 1.80. The smallest absolute Gasteiger partial charge is 0.309 e. The number of aryl methyl sites for hydroxylation is 1. The summed E-state index contributed by atoms with van der Waals surface area (Å²) in [5, 5.41) is 15.5. The lowest BCUT2D eigenvalue weighted by atomic mass is 10.0. The summed E-state index contributed by atoms with van der Waals surface area (Å²) in [5.74, 6) is -1.27. The molecule has 1 aromatic heterocycles. The van der Waals surface area contributed by atoms with Gasteiger partial charge in [0.25, 0.3) is 0 Å². The number of H-pyrrole nitrogens is 1. The quantitative estimate of drug-likeness (QED) is 0.855. The summed E-state index contributed by atoms with van der Waals surface area (Å²) in [7, 11) is 0. The Bertz CT molecular complexity index is 546. The molecule has 0 bridgehead atoms. The average Bonchev–Trinajstić information content (AvgIpc) is 2.61. The Kier molecular flexibility index (Phi) is 2.91. The third kappa shape index (κ3) is 2.33. The number of aromatic amines is 1. The second kappa shape index (κ2) is 4.37. The zero-order valence-electron chi connectivity index (χ0n) is 9.20. The zero-order chi connectivity index (χ0) is 12.4. The summed E-state index contributed by atoms with van der Waals surface area (Å²) in [6.07, 6.45) is -0.156. The van der Waals surface area contributed by atoms with E-state index in [0.29, 0.717) is 5.69 Å². The third-order valence-electron chi connectivity index (χ3n) is 2.47. The molecule has 2 rings (SSSR count). The lowest BCUT2D eigenvalue weighted by Crippen LogP contribution is -2.01. The molecule has 4 nitrogen and oxygen atoms in total. The van der Waals surface area contributed by atoms with Gasteiger partial charge in [0.15, 0.2) is 0 Å². The molecule has 0 atom stereocenters. The highest BCUT2D eigenvalue weighted by atomic mass is 19.1. The van der Waals surface area contributed by atoms with Gasteiger partial charge in [-0.1, -0.05) is 12.1 Å². The molecule has 5 heteroatoms. The molecule has 0 amide bonds. The molecule has 88 valence electrons. The van der Waals surface area contributed by atoms with Gasteiger partial charge in [0, 0.05) is 11.3 Å². The first-order valence-corrected chi connectivity index (χ1v) is 5.09. The molecule has 17 heavy (non-hydrogen) atoms. The number of nitrogens with one attached hydrogen (secondary N) is 1. The summed E-state index contributed by atoms with van der Waals surface area (Å²) >= 11 is 0. The van der Waals surface area contributed by atoms with Crippen molar-refractivity contribution in [3.8, 4) is 11.1 Å². The molecule has 1 heterocycles. The number of carboxylic acids is 1. The highest BCUT2D eigenvalue weighted by Crippen LogP contribution is 2.26. The van der Waals surface area contributed by atoms with E-state index in [2.05, 4.69) is 10.2 Å². The van der Waals surface area contributed by atoms with Gasteiger partial charge in [-0.2, -0.15) is 5.10 Å². The summed E-state index contributed by atoms with van der Waals surface area (Å²) < 4.78 is 12.8. The molecule has 2 N–H and O–H groups in total. The molecule has 0 spiro atoms. The van der Waals surface area contributed by atoms with Crippen molar-refractivity contribution in [3.05, 3.63) is 41.5 Å². The van der Waals surface area contributed by atoms with Crippen LogP contribution in [0.5, 0.6) is 0 Å². The summed E-state index contributed by atoms with van der Waals surface area (Å²) in [6, 6.07) is 5.90. The molecule has 0 fully saturated rings. The Labute approximate surface area is 97.1 Å². The Balaban J connectivity index is 2.46. The average molecular weight is 234 g/mol. The van der Waals surface area contributed by atoms with Crippen molar-refractivity contribution in [3.63, 3.8) is 0 Å². The number of nitrogens with zero attached hydrogens (tertiary/aromatic N) is 1. The number of halogens is 1. The van der Waals surface area contributed by atoms with Gasteiger partial charge in [0.2, 0.25) is 0 Å². The van der Waals surface area contributed by atoms with Crippen LogP contribution in [0.3, 0.4) is 0 Å². The van der Waals surface area contributed by atoms with E-state index in [9.17, 15) is 9.18 Å². The molecular formula is C12H11FN2O2. The maximum atomic E-state index is 12.8. The van der Waals surface area contributed by atoms with Crippen LogP contribution in [-0.2, 0) is 11.2 Å². The van der Waals surface area contributed by atoms with Crippen LogP contribution in [0.15, 0.2) is 24.3 Å². The van der Waals surface area contributed by atoms with Crippen molar-refractivity contribution in [2.75, 3.05) is 0 Å². The predicted molar refractivity (Wildman–Crippen MR) is 60.1 cm³/mol. The van der Waals surface area contributed by atoms with Crippen molar-refractivity contribution >= 4 is 5.97 Å². The zero-order valence-corrected chi connectivity index (χ0v) is 9.20. The first kappa shape index (κ1) is 11.3. The highest BCUT2D eigenvalue weighted by Gasteiger charge is 2.14. The van der Waals surface area contributed by atoms with Gasteiger partial charge in [0.05, 0.1) is 12.1 Å². The van der Waals surface area contributed by atoms with E-state index in [0.717, 1.165) is 16.8 Å². The van der Waals surface area contributed by atoms with Crippen molar-refractivity contribution in [1.82, 2.24) is 10.2 Å². The largest absolute Gasteiger partial charge is 0.481 e. The fourth-order valence-electron chi connectivity index (χ4n) is 1.75. The van der Waals surface area contributed by atoms with Gasteiger partial charge >= 0.3 is 5.97 Å². The van der Waals surface area contributed by atoms with Gasteiger partial charge in [-0.15, -0.1) is 0 Å². The standard InChI is InChI=1S/C12H11FN2O2/c1-7-12(8-2-4-9(13)5-3-8)10(15-14-7)6-11(16)17/h2-5H,6H2,1H3,(H,14,15)(H,16,17). The molecule has 2 aromatic rings. The van der Waals surface area contributed by atoms with Crippen LogP contribution in [-0.4, -0.2) is 21.3 Å². The summed E-state index contributed by atoms with van der Waals surface area (Å²) in [5.41, 5.74) is 2.72. The molecule has 1 aromatic carbocycles. The van der Waals surface area contributed by atoms with Crippen LogP contribution in [0.2, 0.25) is 0 Å². The lowest BCUT2D eigenvalue weighted by molar-refractivity contribution is -0.136. The van der Waals surface area contributed by atoms with E-state index in [1.165, 1.54) is 12.1 Å². The molecule has 0 unspecified atom stereocenters. The molecule has 0 saturated carbocycles. The fourth-order valence-corrected chi connectivity index (χ4v) is 1.75. The monoisotopic (exact) mass is 234 g/mol. The second-order valence-corrected chi connectivity index (χ2v) is 3.75. The third-order valence-corrected chi connectivity index (χ3v) is 2.47. The van der Waals surface area contributed by atoms with Crippen LogP contribution < -0.4 is 0 Å². The maximum Gasteiger partial charge on any atom is 0.309 e. The van der Waals surface area contributed by atoms with Gasteiger partial charge in [-0.05, 0) is 24.6 Å². The minimum atomic E-state index is -0.945. The highest BCUT2D eigenvalue weighted by molar-refractivity contribution is 5.76. The number of hydrogen-bond donors (Lipinski definition) is 2. The van der Waals surface area contributed by atoms with Gasteiger partial charge in [-0.25, -0.2) is 4.39 Å². The Morgan fingerprint density at radius 1 is 1.41 bits per heavy atom. The number of carbonyl (C=O) groups is 1. The topological polar surface area (TPSA) is 66.0 Å². The van der Waals surface area contributed by atoms with E-state index >= 15 is 0 Å². The van der Waals surface area contributed by atoms with E-state index in [1.807, 2.05) is 0 Å². The van der Waals surface area contributed by atoms with E-state index in [4.69, 9.17) is 5.11 Å². The van der Waals surface area contributed by atoms with Gasteiger partial charge in [-0.3, -0.25) is 9.89 Å². The Morgan fingerprint density at radius 3 is 2.65 bits per heavy atom. The van der Waals surface area contributed by atoms with Crippen molar-refractivity contribution in [2.45, 2.75) is 13.3 Å². The number of benzene rings is 1. The van der Waals surface area contributed by atoms with E-state index < -0.39 is 5.97 Å². The van der Waals surface area contributed by atoms with Crippen molar-refractivity contribution in [1.29, 1.82) is 0 Å². The van der Waals surface area contributed by atoms with E-state index in [1.54, 1.807) is 19.1 Å². The molecule has 0 aliphatic heterocycles. The van der Waals surface area contributed by atoms with Crippen LogP contribution >= 0.6 is 0 Å².